The fraction of sp³-hybridized carbons (Fsp3) is 0. The first-order valence-corrected chi connectivity index (χ1v) is 17.9. The molecule has 4 heteroatoms. The van der Waals surface area contributed by atoms with Gasteiger partial charge in [-0.1, -0.05) is 170 Å². The van der Waals surface area contributed by atoms with Crippen molar-refractivity contribution in [3.8, 4) is 78.7 Å². The van der Waals surface area contributed by atoms with E-state index in [2.05, 4.69) is 6.07 Å². The zero-order valence-electron chi connectivity index (χ0n) is 35.3. The summed E-state index contributed by atoms with van der Waals surface area (Å²) in [5.41, 5.74) is 8.07. The van der Waals surface area contributed by atoms with Crippen LogP contribution in [0.25, 0.3) is 101 Å². The Kier molecular flexibility index (Phi) is 6.63. The number of rotatable bonds is 7. The Morgan fingerprint density at radius 2 is 0.818 bits per heavy atom. The molecule has 2 heterocycles. The minimum atomic E-state index is -0.346. The highest BCUT2D eigenvalue weighted by atomic mass is 16.3. The Morgan fingerprint density at radius 1 is 0.364 bits per heavy atom. The summed E-state index contributed by atoms with van der Waals surface area (Å²) in [6, 6.07) is 51.2. The van der Waals surface area contributed by atoms with Crippen molar-refractivity contribution in [1.29, 1.82) is 0 Å². The van der Waals surface area contributed by atoms with Crippen LogP contribution in [0.1, 0.15) is 8.22 Å². The molecular formula is C51H33N3O. The SMILES string of the molecule is [2H]c1c([2H])c([2H])c2c(oc3c([2H])c(-c4nc(-c5ccccc5)nc(-c5cc(-c6ccccc6)cc(-c6ccccc6)c5)n4)c([2H])c([2H])c32)c1-c1ccc(-c2ccccc2)cc1. The van der Waals surface area contributed by atoms with Crippen LogP contribution in [0.3, 0.4) is 0 Å². The standard InChI is InChI=1S/C51H33N3O/c1-5-14-34(15-6-1)37-24-26-38(27-25-37)44-22-13-23-46-45-29-28-40(33-47(45)55-48(44)46)50-52-49(39-20-11-4-12-21-39)53-51(54-50)43-31-41(35-16-7-2-8-17-35)30-42(32-43)36-18-9-3-10-19-36/h1-33H/i13D,22D,23D,28D,29D,33D. The zero-order valence-corrected chi connectivity index (χ0v) is 29.3. The second-order valence-corrected chi connectivity index (χ2v) is 13.2. The van der Waals surface area contributed by atoms with Gasteiger partial charge >= 0.3 is 0 Å². The van der Waals surface area contributed by atoms with Gasteiger partial charge in [0.2, 0.25) is 0 Å². The van der Waals surface area contributed by atoms with Gasteiger partial charge in [-0.2, -0.15) is 0 Å². The van der Waals surface area contributed by atoms with Crippen LogP contribution >= 0.6 is 0 Å². The normalized spacial score (nSPS) is 12.8. The number of hydrogen-bond donors (Lipinski definition) is 0. The van der Waals surface area contributed by atoms with Crippen molar-refractivity contribution in [2.45, 2.75) is 0 Å². The zero-order chi connectivity index (χ0) is 41.8. The molecule has 55 heavy (non-hydrogen) atoms. The van der Waals surface area contributed by atoms with Crippen LogP contribution in [0.4, 0.5) is 0 Å². The predicted molar refractivity (Wildman–Crippen MR) is 225 cm³/mol. The lowest BCUT2D eigenvalue weighted by Gasteiger charge is -2.12. The van der Waals surface area contributed by atoms with Crippen LogP contribution in [0, 0.1) is 0 Å². The van der Waals surface area contributed by atoms with E-state index in [1.165, 1.54) is 0 Å². The molecule has 8 aromatic carbocycles. The number of para-hydroxylation sites is 1. The Bertz CT molecular complexity index is 3230. The summed E-state index contributed by atoms with van der Waals surface area (Å²) in [7, 11) is 0. The molecule has 0 atom stereocenters. The van der Waals surface area contributed by atoms with Gasteiger partial charge in [-0.25, -0.2) is 15.0 Å². The van der Waals surface area contributed by atoms with Gasteiger partial charge in [0.1, 0.15) is 11.2 Å². The van der Waals surface area contributed by atoms with Crippen LogP contribution in [-0.4, -0.2) is 15.0 Å². The first-order chi connectivity index (χ1) is 29.7. The highest BCUT2D eigenvalue weighted by Gasteiger charge is 2.18. The third kappa shape index (κ3) is 6.26. The summed E-state index contributed by atoms with van der Waals surface area (Å²) in [5, 5.41) is 0.152. The molecule has 0 radical (unpaired) electrons. The van der Waals surface area contributed by atoms with Gasteiger partial charge in [-0.15, -0.1) is 0 Å². The number of furan rings is 1. The first-order valence-electron chi connectivity index (χ1n) is 20.9. The molecule has 0 aliphatic carbocycles. The number of nitrogens with zero attached hydrogens (tertiary/aromatic N) is 3. The minimum Gasteiger partial charge on any atom is -0.455 e. The van der Waals surface area contributed by atoms with E-state index < -0.39 is 0 Å². The molecule has 258 valence electrons. The maximum Gasteiger partial charge on any atom is 0.164 e. The molecule has 0 N–H and O–H groups in total. The van der Waals surface area contributed by atoms with Gasteiger partial charge in [-0.3, -0.25) is 0 Å². The number of aromatic nitrogens is 3. The summed E-state index contributed by atoms with van der Waals surface area (Å²) >= 11 is 0. The molecule has 0 unspecified atom stereocenters. The average molecular weight is 710 g/mol. The molecule has 0 saturated carbocycles. The Labute approximate surface area is 327 Å². The number of benzene rings is 8. The highest BCUT2D eigenvalue weighted by Crippen LogP contribution is 2.39. The summed E-state index contributed by atoms with van der Waals surface area (Å²) in [5.74, 6) is 0.627. The maximum atomic E-state index is 9.61. The van der Waals surface area contributed by atoms with Crippen LogP contribution in [0.15, 0.2) is 204 Å². The van der Waals surface area contributed by atoms with Crippen LogP contribution in [-0.2, 0) is 0 Å². The summed E-state index contributed by atoms with van der Waals surface area (Å²) < 4.78 is 61.7. The molecule has 0 saturated heterocycles. The summed E-state index contributed by atoms with van der Waals surface area (Å²) in [6.45, 7) is 0. The van der Waals surface area contributed by atoms with Crippen molar-refractivity contribution in [1.82, 2.24) is 15.0 Å². The van der Waals surface area contributed by atoms with Gasteiger partial charge in [0.25, 0.3) is 0 Å². The third-order valence-electron chi connectivity index (χ3n) is 9.64. The molecular weight excluding hydrogens is 671 g/mol. The maximum absolute atomic E-state index is 9.61. The summed E-state index contributed by atoms with van der Waals surface area (Å²) in [6.07, 6.45) is 0. The van der Waals surface area contributed by atoms with Crippen LogP contribution < -0.4 is 0 Å². The van der Waals surface area contributed by atoms with Crippen molar-refractivity contribution >= 4 is 21.9 Å². The highest BCUT2D eigenvalue weighted by molar-refractivity contribution is 6.10. The predicted octanol–water partition coefficient (Wildman–Crippen LogP) is 13.4. The quantitative estimate of drug-likeness (QED) is 0.165. The Hall–Kier alpha value is -7.43. The molecule has 10 rings (SSSR count). The molecule has 0 bridgehead atoms. The molecule has 0 amide bonds. The van der Waals surface area contributed by atoms with Crippen LogP contribution in [0.2, 0.25) is 0 Å². The lowest BCUT2D eigenvalue weighted by Crippen LogP contribution is -2.00. The largest absolute Gasteiger partial charge is 0.455 e. The lowest BCUT2D eigenvalue weighted by molar-refractivity contribution is 0.670. The van der Waals surface area contributed by atoms with Gasteiger partial charge in [-0.05, 0) is 69.2 Å². The second kappa shape index (κ2) is 13.8. The third-order valence-corrected chi connectivity index (χ3v) is 9.64. The first kappa shape index (κ1) is 26.4. The van der Waals surface area contributed by atoms with Crippen molar-refractivity contribution in [2.24, 2.45) is 0 Å². The van der Waals surface area contributed by atoms with Gasteiger partial charge in [0, 0.05) is 33.0 Å². The fourth-order valence-electron chi connectivity index (χ4n) is 6.88. The van der Waals surface area contributed by atoms with Gasteiger partial charge < -0.3 is 4.42 Å². The van der Waals surface area contributed by atoms with Crippen LogP contribution in [0.5, 0.6) is 0 Å². The topological polar surface area (TPSA) is 51.8 Å². The monoisotopic (exact) mass is 709 g/mol. The molecule has 0 aliphatic heterocycles. The van der Waals surface area contributed by atoms with E-state index >= 15 is 0 Å². The van der Waals surface area contributed by atoms with Crippen molar-refractivity contribution < 1.29 is 12.6 Å². The van der Waals surface area contributed by atoms with Gasteiger partial charge in [0.05, 0.1) is 8.22 Å². The molecule has 0 spiro atoms. The van der Waals surface area contributed by atoms with E-state index in [1.807, 2.05) is 158 Å². The number of hydrogen-bond acceptors (Lipinski definition) is 4. The molecule has 10 aromatic rings. The minimum absolute atomic E-state index is 0.00580. The number of fused-ring (bicyclic) bond motifs is 3. The fourth-order valence-corrected chi connectivity index (χ4v) is 6.88. The van der Waals surface area contributed by atoms with Crippen molar-refractivity contribution in [3.63, 3.8) is 0 Å². The average Bonchev–Trinajstić information content (AvgIpc) is 3.72. The van der Waals surface area contributed by atoms with Crippen molar-refractivity contribution in [3.05, 3.63) is 200 Å². The molecule has 2 aromatic heterocycles. The van der Waals surface area contributed by atoms with E-state index in [-0.39, 0.29) is 75.1 Å². The van der Waals surface area contributed by atoms with E-state index in [0.29, 0.717) is 28.3 Å². The van der Waals surface area contributed by atoms with E-state index in [4.69, 9.17) is 23.5 Å². The van der Waals surface area contributed by atoms with E-state index in [9.17, 15) is 4.11 Å². The van der Waals surface area contributed by atoms with E-state index in [0.717, 1.165) is 33.4 Å². The van der Waals surface area contributed by atoms with Gasteiger partial charge in [0.15, 0.2) is 17.5 Å². The molecule has 0 aliphatic rings. The summed E-state index contributed by atoms with van der Waals surface area (Å²) in [4.78, 5) is 14.8. The smallest absolute Gasteiger partial charge is 0.164 e. The second-order valence-electron chi connectivity index (χ2n) is 13.2. The van der Waals surface area contributed by atoms with Crippen molar-refractivity contribution in [2.75, 3.05) is 0 Å². The molecule has 4 nitrogen and oxygen atoms in total. The molecule has 0 fully saturated rings. The Morgan fingerprint density at radius 3 is 1.40 bits per heavy atom. The lowest BCUT2D eigenvalue weighted by atomic mass is 9.96. The van der Waals surface area contributed by atoms with E-state index in [1.54, 1.807) is 0 Å². The Balaban J connectivity index is 1.20.